The molecule has 0 fully saturated rings. The van der Waals surface area contributed by atoms with E-state index in [0.717, 1.165) is 38.5 Å². The van der Waals surface area contributed by atoms with Crippen molar-refractivity contribution in [3.05, 3.63) is 12.2 Å². The molecule has 226 valence electrons. The first kappa shape index (κ1) is 37.0. The average molecular weight is 562 g/mol. The number of hydrogen-bond acceptors (Lipinski definition) is 5. The quantitative estimate of drug-likeness (QED) is 0.0493. The Morgan fingerprint density at radius 3 is 1.58 bits per heavy atom. The summed E-state index contributed by atoms with van der Waals surface area (Å²) in [6.07, 6.45) is 24.2. The highest BCUT2D eigenvalue weighted by Gasteiger charge is 2.27. The first-order valence-electron chi connectivity index (χ1n) is 15.5. The van der Waals surface area contributed by atoms with Gasteiger partial charge in [0, 0.05) is 0 Å². The maximum atomic E-state index is 12.4. The first-order valence-corrected chi connectivity index (χ1v) is 17.1. The number of carbonyl (C=O) groups excluding carboxylic acids is 1. The summed E-state index contributed by atoms with van der Waals surface area (Å²) in [5, 5.41) is 23.1. The second-order valence-corrected chi connectivity index (χ2v) is 12.4. The summed E-state index contributed by atoms with van der Waals surface area (Å²) in [5.41, 5.74) is 0. The van der Waals surface area contributed by atoms with Gasteiger partial charge in [-0.2, -0.15) is 8.42 Å². The van der Waals surface area contributed by atoms with E-state index in [9.17, 15) is 28.0 Å². The number of hydrogen-bond donors (Lipinski definition) is 4. The minimum absolute atomic E-state index is 0.284. The van der Waals surface area contributed by atoms with E-state index in [1.54, 1.807) is 6.08 Å². The van der Waals surface area contributed by atoms with Gasteiger partial charge in [-0.05, 0) is 19.3 Å². The van der Waals surface area contributed by atoms with E-state index in [1.807, 2.05) is 0 Å². The third-order valence-corrected chi connectivity index (χ3v) is 7.85. The Kier molecular flexibility index (Phi) is 24.4. The normalized spacial score (nSPS) is 14.6. The molecule has 0 radical (unpaired) electrons. The molecule has 0 spiro atoms. The Morgan fingerprint density at radius 2 is 1.13 bits per heavy atom. The molecule has 1 amide bonds. The van der Waals surface area contributed by atoms with Crippen LogP contribution in [0.15, 0.2) is 12.2 Å². The lowest BCUT2D eigenvalue weighted by atomic mass is 10.0. The minimum Gasteiger partial charge on any atom is -0.387 e. The summed E-state index contributed by atoms with van der Waals surface area (Å²) in [7, 11) is -4.42. The van der Waals surface area contributed by atoms with Gasteiger partial charge in [-0.25, -0.2) is 0 Å². The summed E-state index contributed by atoms with van der Waals surface area (Å²) in [5.74, 6) is -1.53. The number of carbonyl (C=O) groups is 1. The molecule has 0 heterocycles. The Bertz CT molecular complexity index is 682. The van der Waals surface area contributed by atoms with Gasteiger partial charge < -0.3 is 15.5 Å². The lowest BCUT2D eigenvalue weighted by Crippen LogP contribution is -2.50. The number of aliphatic hydroxyl groups excluding tert-OH is 2. The molecule has 0 bridgehead atoms. The van der Waals surface area contributed by atoms with Gasteiger partial charge in [0.1, 0.15) is 6.10 Å². The highest BCUT2D eigenvalue weighted by molar-refractivity contribution is 7.85. The van der Waals surface area contributed by atoms with Crippen molar-refractivity contribution in [2.24, 2.45) is 0 Å². The van der Waals surface area contributed by atoms with Crippen LogP contribution in [-0.2, 0) is 14.9 Å². The van der Waals surface area contributed by atoms with Crippen LogP contribution >= 0.6 is 0 Å². The van der Waals surface area contributed by atoms with E-state index < -0.39 is 40.0 Å². The number of allylic oxidation sites excluding steroid dienone is 1. The molecule has 3 atom stereocenters. The average Bonchev–Trinajstić information content (AvgIpc) is 2.86. The third kappa shape index (κ3) is 24.1. The van der Waals surface area contributed by atoms with E-state index in [-0.39, 0.29) is 6.42 Å². The highest BCUT2D eigenvalue weighted by Crippen LogP contribution is 2.14. The van der Waals surface area contributed by atoms with Crippen LogP contribution in [0, 0.1) is 0 Å². The molecule has 0 saturated carbocycles. The molecule has 0 aromatic heterocycles. The molecule has 0 rings (SSSR count). The molecule has 38 heavy (non-hydrogen) atoms. The molecule has 0 aromatic carbocycles. The second-order valence-electron chi connectivity index (χ2n) is 10.9. The van der Waals surface area contributed by atoms with Gasteiger partial charge in [-0.3, -0.25) is 9.35 Å². The standard InChI is InChI=1S/C30H59NO6S/c1-3-5-7-9-11-13-14-15-17-19-21-23-25-29(33)30(34)31-27(26-38(35,36)37)28(32)24-22-20-18-16-12-10-8-6-4-2/h22,24,27-29,32-33H,3-21,23,25-26H2,1-2H3,(H,31,34)(H,35,36,37)/b24-22+. The molecule has 0 aliphatic heterocycles. The molecule has 0 aliphatic rings. The molecule has 4 N–H and O–H groups in total. The predicted octanol–water partition coefficient (Wildman–Crippen LogP) is 6.87. The second kappa shape index (κ2) is 25.0. The van der Waals surface area contributed by atoms with Crippen LogP contribution in [0.25, 0.3) is 0 Å². The predicted molar refractivity (Wildman–Crippen MR) is 158 cm³/mol. The molecule has 8 heteroatoms. The number of rotatable bonds is 27. The summed E-state index contributed by atoms with van der Waals surface area (Å²) in [6, 6.07) is -1.22. The summed E-state index contributed by atoms with van der Waals surface area (Å²) in [4.78, 5) is 12.4. The van der Waals surface area contributed by atoms with Crippen molar-refractivity contribution >= 4 is 16.0 Å². The highest BCUT2D eigenvalue weighted by atomic mass is 32.2. The van der Waals surface area contributed by atoms with Crippen LogP contribution in [0.5, 0.6) is 0 Å². The monoisotopic (exact) mass is 561 g/mol. The van der Waals surface area contributed by atoms with Gasteiger partial charge in [0.05, 0.1) is 17.9 Å². The maximum absolute atomic E-state index is 12.4. The lowest BCUT2D eigenvalue weighted by molar-refractivity contribution is -0.130. The van der Waals surface area contributed by atoms with Crippen molar-refractivity contribution in [3.63, 3.8) is 0 Å². The Morgan fingerprint density at radius 1 is 0.711 bits per heavy atom. The molecular formula is C30H59NO6S. The van der Waals surface area contributed by atoms with Crippen LogP contribution in [0.1, 0.15) is 149 Å². The fraction of sp³-hybridized carbons (Fsp3) is 0.900. The largest absolute Gasteiger partial charge is 0.387 e. The van der Waals surface area contributed by atoms with E-state index in [2.05, 4.69) is 19.2 Å². The number of nitrogens with one attached hydrogen (secondary N) is 1. The zero-order valence-electron chi connectivity index (χ0n) is 24.4. The number of amides is 1. The molecule has 3 unspecified atom stereocenters. The lowest BCUT2D eigenvalue weighted by Gasteiger charge is -2.22. The fourth-order valence-corrected chi connectivity index (χ4v) is 5.36. The fourth-order valence-electron chi connectivity index (χ4n) is 4.63. The molecule has 0 aromatic rings. The van der Waals surface area contributed by atoms with E-state index in [4.69, 9.17) is 0 Å². The van der Waals surface area contributed by atoms with Crippen molar-refractivity contribution in [2.45, 2.75) is 167 Å². The van der Waals surface area contributed by atoms with Gasteiger partial charge >= 0.3 is 0 Å². The van der Waals surface area contributed by atoms with Gasteiger partial charge in [0.2, 0.25) is 5.91 Å². The summed E-state index contributed by atoms with van der Waals surface area (Å²) >= 11 is 0. The molecule has 0 saturated heterocycles. The SMILES string of the molecule is CCCCCCCCC/C=C/C(O)C(CS(=O)(=O)O)NC(=O)C(O)CCCCCCCCCCCCCC. The van der Waals surface area contributed by atoms with Gasteiger partial charge in [0.15, 0.2) is 0 Å². The zero-order valence-corrected chi connectivity index (χ0v) is 25.2. The Balaban J connectivity index is 4.22. The van der Waals surface area contributed by atoms with Crippen molar-refractivity contribution in [3.8, 4) is 0 Å². The molecule has 0 aliphatic carbocycles. The van der Waals surface area contributed by atoms with Crippen LogP contribution in [-0.4, -0.2) is 53.1 Å². The zero-order chi connectivity index (χ0) is 28.5. The Labute approximate surface area is 234 Å². The number of aliphatic hydroxyl groups is 2. The summed E-state index contributed by atoms with van der Waals surface area (Å²) < 4.78 is 32.1. The van der Waals surface area contributed by atoms with Crippen LogP contribution in [0.4, 0.5) is 0 Å². The van der Waals surface area contributed by atoms with Gasteiger partial charge in [0.25, 0.3) is 10.1 Å². The van der Waals surface area contributed by atoms with Crippen LogP contribution < -0.4 is 5.32 Å². The van der Waals surface area contributed by atoms with Crippen molar-refractivity contribution < 1.29 is 28.0 Å². The van der Waals surface area contributed by atoms with E-state index >= 15 is 0 Å². The van der Waals surface area contributed by atoms with Crippen LogP contribution in [0.3, 0.4) is 0 Å². The van der Waals surface area contributed by atoms with Crippen molar-refractivity contribution in [1.29, 1.82) is 0 Å². The Hall–Kier alpha value is -0.960. The summed E-state index contributed by atoms with van der Waals surface area (Å²) in [6.45, 7) is 4.42. The van der Waals surface area contributed by atoms with E-state index in [1.165, 1.54) is 89.5 Å². The third-order valence-electron chi connectivity index (χ3n) is 7.07. The smallest absolute Gasteiger partial charge is 0.267 e. The van der Waals surface area contributed by atoms with Crippen molar-refractivity contribution in [2.75, 3.05) is 5.75 Å². The topological polar surface area (TPSA) is 124 Å². The van der Waals surface area contributed by atoms with Crippen molar-refractivity contribution in [1.82, 2.24) is 5.32 Å². The maximum Gasteiger partial charge on any atom is 0.267 e. The molecular weight excluding hydrogens is 502 g/mol. The molecule has 7 nitrogen and oxygen atoms in total. The van der Waals surface area contributed by atoms with Gasteiger partial charge in [-0.1, -0.05) is 142 Å². The minimum atomic E-state index is -4.42. The number of unbranched alkanes of at least 4 members (excludes halogenated alkanes) is 18. The van der Waals surface area contributed by atoms with Crippen LogP contribution in [0.2, 0.25) is 0 Å². The van der Waals surface area contributed by atoms with Gasteiger partial charge in [-0.15, -0.1) is 0 Å². The first-order chi connectivity index (χ1) is 18.2. The van der Waals surface area contributed by atoms with E-state index in [0.29, 0.717) is 6.42 Å².